The molecule has 0 aliphatic rings. The molecule has 4 nitrogen and oxygen atoms in total. The summed E-state index contributed by atoms with van der Waals surface area (Å²) in [4.78, 5) is 4.53. The number of aryl methyl sites for hydroxylation is 1. The van der Waals surface area contributed by atoms with Gasteiger partial charge in [-0.2, -0.15) is 0 Å². The first-order valence-corrected chi connectivity index (χ1v) is 5.88. The van der Waals surface area contributed by atoms with Gasteiger partial charge in [-0.25, -0.2) is 9.37 Å². The van der Waals surface area contributed by atoms with E-state index < -0.39 is 0 Å². The zero-order valence-electron chi connectivity index (χ0n) is 10.4. The molecule has 0 saturated carbocycles. The summed E-state index contributed by atoms with van der Waals surface area (Å²) in [5, 5.41) is 0. The quantitative estimate of drug-likeness (QED) is 0.547. The second-order valence-corrected chi connectivity index (χ2v) is 4.35. The number of nitrogens with zero attached hydrogens (tertiary/aromatic N) is 2. The first kappa shape index (κ1) is 11.7. The normalized spacial score (nSPS) is 10.9. The number of anilines is 1. The van der Waals surface area contributed by atoms with E-state index in [-0.39, 0.29) is 5.82 Å². The zero-order valence-corrected chi connectivity index (χ0v) is 10.4. The number of hydrogen-bond acceptors (Lipinski definition) is 3. The second kappa shape index (κ2) is 4.37. The average Bonchev–Trinajstić information content (AvgIpc) is 2.76. The molecule has 19 heavy (non-hydrogen) atoms. The topological polar surface area (TPSA) is 55.9 Å². The standard InChI is InChI=1S/C14H13FN4/c1-19-13-8-11(18-16)5-6-12(13)17-14(19)9-3-2-4-10(15)7-9/h2-8,18H,16H2,1H3. The maximum atomic E-state index is 13.3. The Bertz CT molecular complexity index is 748. The molecular weight excluding hydrogens is 243 g/mol. The molecule has 96 valence electrons. The minimum atomic E-state index is -0.270. The molecule has 5 heteroatoms. The van der Waals surface area contributed by atoms with E-state index in [4.69, 9.17) is 5.84 Å². The summed E-state index contributed by atoms with van der Waals surface area (Å²) in [5.41, 5.74) is 5.95. The highest BCUT2D eigenvalue weighted by atomic mass is 19.1. The molecule has 0 aliphatic heterocycles. The molecule has 3 N–H and O–H groups in total. The van der Waals surface area contributed by atoms with E-state index in [0.717, 1.165) is 28.1 Å². The molecule has 0 radical (unpaired) electrons. The minimum Gasteiger partial charge on any atom is -0.327 e. The van der Waals surface area contributed by atoms with Gasteiger partial charge in [0.15, 0.2) is 0 Å². The third-order valence-electron chi connectivity index (χ3n) is 3.13. The fourth-order valence-electron chi connectivity index (χ4n) is 2.17. The van der Waals surface area contributed by atoms with Gasteiger partial charge >= 0.3 is 0 Å². The number of halogens is 1. The van der Waals surface area contributed by atoms with Crippen LogP contribution in [0.5, 0.6) is 0 Å². The number of nitrogens with two attached hydrogens (primary N) is 1. The third kappa shape index (κ3) is 1.94. The summed E-state index contributed by atoms with van der Waals surface area (Å²) in [6.07, 6.45) is 0. The van der Waals surface area contributed by atoms with Crippen molar-refractivity contribution in [2.45, 2.75) is 0 Å². The number of imidazole rings is 1. The fourth-order valence-corrected chi connectivity index (χ4v) is 2.17. The van der Waals surface area contributed by atoms with Gasteiger partial charge in [0.2, 0.25) is 0 Å². The van der Waals surface area contributed by atoms with Crippen molar-refractivity contribution in [2.24, 2.45) is 12.9 Å². The minimum absolute atomic E-state index is 0.270. The lowest BCUT2D eigenvalue weighted by Gasteiger charge is -2.03. The Morgan fingerprint density at radius 3 is 2.79 bits per heavy atom. The number of aromatic nitrogens is 2. The van der Waals surface area contributed by atoms with Crippen LogP contribution in [-0.2, 0) is 7.05 Å². The summed E-state index contributed by atoms with van der Waals surface area (Å²) in [6.45, 7) is 0. The first-order chi connectivity index (χ1) is 9.19. The number of benzene rings is 2. The van der Waals surface area contributed by atoms with Crippen molar-refractivity contribution in [1.82, 2.24) is 9.55 Å². The highest BCUT2D eigenvalue weighted by Gasteiger charge is 2.10. The lowest BCUT2D eigenvalue weighted by atomic mass is 10.2. The number of nitrogen functional groups attached to an aromatic ring is 1. The molecule has 3 rings (SSSR count). The third-order valence-corrected chi connectivity index (χ3v) is 3.13. The van der Waals surface area contributed by atoms with Crippen molar-refractivity contribution in [2.75, 3.05) is 5.43 Å². The molecule has 1 heterocycles. The average molecular weight is 256 g/mol. The van der Waals surface area contributed by atoms with Crippen LogP contribution in [0, 0.1) is 5.82 Å². The molecule has 0 unspecified atom stereocenters. The predicted molar refractivity (Wildman–Crippen MR) is 73.9 cm³/mol. The summed E-state index contributed by atoms with van der Waals surface area (Å²) in [6, 6.07) is 12.1. The molecule has 0 spiro atoms. The first-order valence-electron chi connectivity index (χ1n) is 5.88. The van der Waals surface area contributed by atoms with Gasteiger partial charge in [0.1, 0.15) is 11.6 Å². The summed E-state index contributed by atoms with van der Waals surface area (Å²) in [5.74, 6) is 5.86. The van der Waals surface area contributed by atoms with Gasteiger partial charge in [-0.05, 0) is 30.3 Å². The van der Waals surface area contributed by atoms with Crippen LogP contribution >= 0.6 is 0 Å². The van der Waals surface area contributed by atoms with Crippen LogP contribution in [-0.4, -0.2) is 9.55 Å². The van der Waals surface area contributed by atoms with Gasteiger partial charge in [-0.1, -0.05) is 12.1 Å². The molecule has 0 amide bonds. The van der Waals surface area contributed by atoms with Gasteiger partial charge < -0.3 is 9.99 Å². The Kier molecular flexibility index (Phi) is 2.68. The lowest BCUT2D eigenvalue weighted by Crippen LogP contribution is -2.06. The maximum absolute atomic E-state index is 13.3. The van der Waals surface area contributed by atoms with E-state index in [9.17, 15) is 4.39 Å². The Hall–Kier alpha value is -2.40. The SMILES string of the molecule is Cn1c(-c2cccc(F)c2)nc2ccc(NN)cc21. The van der Waals surface area contributed by atoms with Gasteiger partial charge in [0.25, 0.3) is 0 Å². The lowest BCUT2D eigenvalue weighted by molar-refractivity contribution is 0.628. The monoisotopic (exact) mass is 256 g/mol. The molecule has 0 saturated heterocycles. The van der Waals surface area contributed by atoms with E-state index in [1.807, 2.05) is 35.9 Å². The number of fused-ring (bicyclic) bond motifs is 1. The molecular formula is C14H13FN4. The van der Waals surface area contributed by atoms with Crippen molar-refractivity contribution in [3.05, 3.63) is 48.3 Å². The summed E-state index contributed by atoms with van der Waals surface area (Å²) >= 11 is 0. The van der Waals surface area contributed by atoms with Crippen molar-refractivity contribution >= 4 is 16.7 Å². The Morgan fingerprint density at radius 2 is 2.05 bits per heavy atom. The zero-order chi connectivity index (χ0) is 13.4. The summed E-state index contributed by atoms with van der Waals surface area (Å²) in [7, 11) is 1.90. The van der Waals surface area contributed by atoms with Gasteiger partial charge in [0, 0.05) is 12.6 Å². The van der Waals surface area contributed by atoms with Crippen LogP contribution in [0.4, 0.5) is 10.1 Å². The van der Waals surface area contributed by atoms with E-state index in [1.165, 1.54) is 12.1 Å². The highest BCUT2D eigenvalue weighted by molar-refractivity contribution is 5.83. The number of hydrogen-bond donors (Lipinski definition) is 2. The Morgan fingerprint density at radius 1 is 1.21 bits per heavy atom. The highest BCUT2D eigenvalue weighted by Crippen LogP contribution is 2.25. The molecule has 0 atom stereocenters. The fraction of sp³-hybridized carbons (Fsp3) is 0.0714. The molecule has 0 bridgehead atoms. The largest absolute Gasteiger partial charge is 0.327 e. The molecule has 3 aromatic rings. The van der Waals surface area contributed by atoms with E-state index in [0.29, 0.717) is 0 Å². The Labute approximate surface area is 109 Å². The predicted octanol–water partition coefficient (Wildman–Crippen LogP) is 2.66. The van der Waals surface area contributed by atoms with Crippen LogP contribution in [0.15, 0.2) is 42.5 Å². The molecule has 0 fully saturated rings. The van der Waals surface area contributed by atoms with Crippen molar-refractivity contribution < 1.29 is 4.39 Å². The Balaban J connectivity index is 2.22. The summed E-state index contributed by atoms with van der Waals surface area (Å²) < 4.78 is 15.2. The van der Waals surface area contributed by atoms with Crippen molar-refractivity contribution in [1.29, 1.82) is 0 Å². The number of hydrazine groups is 1. The number of rotatable bonds is 2. The van der Waals surface area contributed by atoms with Crippen LogP contribution < -0.4 is 11.3 Å². The van der Waals surface area contributed by atoms with Crippen LogP contribution in [0.2, 0.25) is 0 Å². The van der Waals surface area contributed by atoms with Gasteiger partial charge in [-0.3, -0.25) is 5.84 Å². The molecule has 2 aromatic carbocycles. The maximum Gasteiger partial charge on any atom is 0.140 e. The second-order valence-electron chi connectivity index (χ2n) is 4.35. The van der Waals surface area contributed by atoms with Crippen molar-refractivity contribution in [3.8, 4) is 11.4 Å². The molecule has 1 aromatic heterocycles. The smallest absolute Gasteiger partial charge is 0.140 e. The van der Waals surface area contributed by atoms with E-state index in [1.54, 1.807) is 6.07 Å². The number of nitrogens with one attached hydrogen (secondary N) is 1. The van der Waals surface area contributed by atoms with E-state index in [2.05, 4.69) is 10.4 Å². The molecule has 0 aliphatic carbocycles. The van der Waals surface area contributed by atoms with Gasteiger partial charge in [-0.15, -0.1) is 0 Å². The van der Waals surface area contributed by atoms with Crippen LogP contribution in [0.25, 0.3) is 22.4 Å². The van der Waals surface area contributed by atoms with Crippen molar-refractivity contribution in [3.63, 3.8) is 0 Å². The van der Waals surface area contributed by atoms with Crippen LogP contribution in [0.3, 0.4) is 0 Å². The van der Waals surface area contributed by atoms with Crippen LogP contribution in [0.1, 0.15) is 0 Å². The van der Waals surface area contributed by atoms with E-state index >= 15 is 0 Å². The van der Waals surface area contributed by atoms with Gasteiger partial charge in [0.05, 0.1) is 16.7 Å².